The van der Waals surface area contributed by atoms with Gasteiger partial charge in [0.1, 0.15) is 0 Å². The first-order valence-electron chi connectivity index (χ1n) is 5.69. The molecule has 3 atom stereocenters. The van der Waals surface area contributed by atoms with Crippen molar-refractivity contribution in [3.05, 3.63) is 0 Å². The standard InChI is InChI=1S/C11H23N2/c1-9(2)13(3)7-10-5-4-6-12-11(10)8-13/h9-12H,4-8H2,1-3H3/q+1. The van der Waals surface area contributed by atoms with E-state index in [4.69, 9.17) is 0 Å². The Morgan fingerprint density at radius 2 is 2.08 bits per heavy atom. The molecule has 0 amide bonds. The fraction of sp³-hybridized carbons (Fsp3) is 1.00. The van der Waals surface area contributed by atoms with Crippen molar-refractivity contribution in [2.45, 2.75) is 38.8 Å². The number of hydrogen-bond acceptors (Lipinski definition) is 1. The van der Waals surface area contributed by atoms with Gasteiger partial charge in [-0.3, -0.25) is 0 Å². The van der Waals surface area contributed by atoms with Crippen LogP contribution >= 0.6 is 0 Å². The summed E-state index contributed by atoms with van der Waals surface area (Å²) in [5.41, 5.74) is 0. The molecule has 1 N–H and O–H groups in total. The number of hydrogen-bond donors (Lipinski definition) is 1. The van der Waals surface area contributed by atoms with Crippen molar-refractivity contribution in [2.75, 3.05) is 26.7 Å². The summed E-state index contributed by atoms with van der Waals surface area (Å²) in [6.07, 6.45) is 2.84. The van der Waals surface area contributed by atoms with Crippen LogP contribution in [0.25, 0.3) is 0 Å². The molecular formula is C11H23N2+. The van der Waals surface area contributed by atoms with Crippen LogP contribution in [0.15, 0.2) is 0 Å². The van der Waals surface area contributed by atoms with E-state index in [0.717, 1.165) is 18.0 Å². The van der Waals surface area contributed by atoms with E-state index in [0.29, 0.717) is 0 Å². The second-order valence-corrected chi connectivity index (χ2v) is 5.40. The zero-order valence-corrected chi connectivity index (χ0v) is 9.21. The largest absolute Gasteiger partial charge is 0.322 e. The lowest BCUT2D eigenvalue weighted by molar-refractivity contribution is -0.920. The van der Waals surface area contributed by atoms with E-state index >= 15 is 0 Å². The third-order valence-electron chi connectivity index (χ3n) is 4.24. The van der Waals surface area contributed by atoms with Gasteiger partial charge in [0, 0.05) is 5.92 Å². The van der Waals surface area contributed by atoms with E-state index in [1.54, 1.807) is 0 Å². The summed E-state index contributed by atoms with van der Waals surface area (Å²) in [5.74, 6) is 0.959. The van der Waals surface area contributed by atoms with E-state index in [2.05, 4.69) is 26.2 Å². The summed E-state index contributed by atoms with van der Waals surface area (Å²) in [4.78, 5) is 0. The molecule has 0 aromatic heterocycles. The normalized spacial score (nSPS) is 45.2. The van der Waals surface area contributed by atoms with Crippen molar-refractivity contribution in [3.8, 4) is 0 Å². The van der Waals surface area contributed by atoms with Crippen LogP contribution < -0.4 is 5.32 Å². The molecule has 2 fully saturated rings. The second-order valence-electron chi connectivity index (χ2n) is 5.40. The van der Waals surface area contributed by atoms with Crippen LogP contribution in [0.1, 0.15) is 26.7 Å². The Morgan fingerprint density at radius 3 is 2.69 bits per heavy atom. The van der Waals surface area contributed by atoms with Gasteiger partial charge in [-0.2, -0.15) is 0 Å². The van der Waals surface area contributed by atoms with Gasteiger partial charge in [-0.25, -0.2) is 0 Å². The predicted molar refractivity (Wildman–Crippen MR) is 55.6 cm³/mol. The topological polar surface area (TPSA) is 12.0 Å². The molecule has 13 heavy (non-hydrogen) atoms. The highest BCUT2D eigenvalue weighted by molar-refractivity contribution is 4.86. The summed E-state index contributed by atoms with van der Waals surface area (Å²) in [6, 6.07) is 1.61. The minimum Gasteiger partial charge on any atom is -0.322 e. The molecule has 2 rings (SSSR count). The Kier molecular flexibility index (Phi) is 2.37. The van der Waals surface area contributed by atoms with Gasteiger partial charge in [0.15, 0.2) is 0 Å². The summed E-state index contributed by atoms with van der Waals surface area (Å²) >= 11 is 0. The molecule has 0 saturated carbocycles. The predicted octanol–water partition coefficient (Wildman–Crippen LogP) is 1.22. The maximum Gasteiger partial charge on any atom is 0.0947 e. The summed E-state index contributed by atoms with van der Waals surface area (Å²) in [7, 11) is 2.42. The van der Waals surface area contributed by atoms with Crippen LogP contribution in [-0.2, 0) is 0 Å². The first-order valence-corrected chi connectivity index (χ1v) is 5.69. The van der Waals surface area contributed by atoms with Crippen molar-refractivity contribution in [2.24, 2.45) is 5.92 Å². The minimum absolute atomic E-state index is 0.785. The minimum atomic E-state index is 0.785. The maximum atomic E-state index is 3.68. The highest BCUT2D eigenvalue weighted by atomic mass is 15.4. The Labute approximate surface area is 81.9 Å². The lowest BCUT2D eigenvalue weighted by Crippen LogP contribution is -2.49. The SMILES string of the molecule is CC(C)[N+]1(C)CC2CCCNC2C1. The van der Waals surface area contributed by atoms with Crippen molar-refractivity contribution in [3.63, 3.8) is 0 Å². The molecule has 2 saturated heterocycles. The number of quaternary nitrogens is 1. The molecule has 2 nitrogen and oxygen atoms in total. The van der Waals surface area contributed by atoms with Gasteiger partial charge >= 0.3 is 0 Å². The van der Waals surface area contributed by atoms with E-state index in [9.17, 15) is 0 Å². The van der Waals surface area contributed by atoms with Gasteiger partial charge in [-0.15, -0.1) is 0 Å². The van der Waals surface area contributed by atoms with Crippen LogP contribution in [0, 0.1) is 5.92 Å². The second kappa shape index (κ2) is 3.25. The molecule has 3 unspecified atom stereocenters. The van der Waals surface area contributed by atoms with Crippen molar-refractivity contribution < 1.29 is 4.48 Å². The monoisotopic (exact) mass is 183 g/mol. The van der Waals surface area contributed by atoms with Crippen LogP contribution in [0.3, 0.4) is 0 Å². The van der Waals surface area contributed by atoms with Gasteiger partial charge in [0.25, 0.3) is 0 Å². The lowest BCUT2D eigenvalue weighted by atomic mass is 9.94. The van der Waals surface area contributed by atoms with E-state index in [-0.39, 0.29) is 0 Å². The number of likely N-dealkylation sites (N-methyl/N-ethyl adjacent to an activating group) is 1. The molecule has 0 radical (unpaired) electrons. The number of nitrogens with one attached hydrogen (secondary N) is 1. The third kappa shape index (κ3) is 1.62. The van der Waals surface area contributed by atoms with Gasteiger partial charge in [0.2, 0.25) is 0 Å². The fourth-order valence-corrected chi connectivity index (χ4v) is 2.93. The molecule has 0 spiro atoms. The Hall–Kier alpha value is -0.0800. The zero-order chi connectivity index (χ0) is 9.47. The quantitative estimate of drug-likeness (QED) is 0.603. The highest BCUT2D eigenvalue weighted by Gasteiger charge is 2.44. The average Bonchev–Trinajstić information content (AvgIpc) is 2.42. The average molecular weight is 183 g/mol. The molecule has 76 valence electrons. The van der Waals surface area contributed by atoms with Crippen molar-refractivity contribution in [1.82, 2.24) is 5.32 Å². The van der Waals surface area contributed by atoms with Crippen LogP contribution in [0.2, 0.25) is 0 Å². The van der Waals surface area contributed by atoms with Gasteiger partial charge < -0.3 is 9.80 Å². The van der Waals surface area contributed by atoms with Crippen LogP contribution in [-0.4, -0.2) is 43.2 Å². The van der Waals surface area contributed by atoms with E-state index < -0.39 is 0 Å². The highest BCUT2D eigenvalue weighted by Crippen LogP contribution is 2.30. The molecule has 0 aromatic rings. The Balaban J connectivity index is 2.05. The first kappa shape index (κ1) is 9.47. The molecule has 0 bridgehead atoms. The smallest absolute Gasteiger partial charge is 0.0947 e. The summed E-state index contributed by atoms with van der Waals surface area (Å²) in [5, 5.41) is 3.68. The Morgan fingerprint density at radius 1 is 1.31 bits per heavy atom. The third-order valence-corrected chi connectivity index (χ3v) is 4.24. The zero-order valence-electron chi connectivity index (χ0n) is 9.21. The number of piperidine rings is 1. The number of fused-ring (bicyclic) bond motifs is 1. The fourth-order valence-electron chi connectivity index (χ4n) is 2.93. The molecular weight excluding hydrogens is 160 g/mol. The van der Waals surface area contributed by atoms with E-state index in [1.807, 2.05) is 0 Å². The van der Waals surface area contributed by atoms with Crippen LogP contribution in [0.5, 0.6) is 0 Å². The van der Waals surface area contributed by atoms with Crippen molar-refractivity contribution >= 4 is 0 Å². The number of rotatable bonds is 1. The molecule has 2 aliphatic heterocycles. The molecule has 0 aliphatic carbocycles. The molecule has 0 aromatic carbocycles. The molecule has 2 aliphatic rings. The summed E-state index contributed by atoms with van der Waals surface area (Å²) < 4.78 is 1.28. The molecule has 2 heterocycles. The van der Waals surface area contributed by atoms with Crippen LogP contribution in [0.4, 0.5) is 0 Å². The molecule has 2 heteroatoms. The lowest BCUT2D eigenvalue weighted by Gasteiger charge is -2.34. The van der Waals surface area contributed by atoms with Gasteiger partial charge in [-0.05, 0) is 33.2 Å². The van der Waals surface area contributed by atoms with Crippen molar-refractivity contribution in [1.29, 1.82) is 0 Å². The van der Waals surface area contributed by atoms with Gasteiger partial charge in [0.05, 0.1) is 32.2 Å². The van der Waals surface area contributed by atoms with E-state index in [1.165, 1.54) is 37.0 Å². The maximum absolute atomic E-state index is 3.68. The number of likely N-dealkylation sites (tertiary alicyclic amines) is 1. The first-order chi connectivity index (χ1) is 6.12. The Bertz CT molecular complexity index is 175. The number of nitrogens with zero attached hydrogens (tertiary/aromatic N) is 1. The summed E-state index contributed by atoms with van der Waals surface area (Å²) in [6.45, 7) is 8.71. The van der Waals surface area contributed by atoms with Gasteiger partial charge in [-0.1, -0.05) is 0 Å².